The molecule has 0 atom stereocenters. The van der Waals surface area contributed by atoms with E-state index in [1.165, 1.54) is 19.3 Å². The predicted molar refractivity (Wildman–Crippen MR) is 108 cm³/mol. The summed E-state index contributed by atoms with van der Waals surface area (Å²) in [6.45, 7) is 0.662. The standard InChI is InChI=1S/C22H27ClN2O2/c1-25(14-12-19-9-5-6-13-24-19)22(26)16-27-21-11-10-18(23)15-20(21)17-7-3-2-4-8-17/h5-6,9-11,13,15,17H,2-4,7-8,12,14,16H2,1H3. The zero-order valence-electron chi connectivity index (χ0n) is 15.9. The molecule has 0 saturated heterocycles. The molecule has 5 heteroatoms. The Balaban J connectivity index is 1.56. The molecule has 1 fully saturated rings. The Hall–Kier alpha value is -2.07. The highest BCUT2D eigenvalue weighted by Gasteiger charge is 2.20. The topological polar surface area (TPSA) is 42.4 Å². The summed E-state index contributed by atoms with van der Waals surface area (Å²) in [6, 6.07) is 11.6. The molecular weight excluding hydrogens is 360 g/mol. The summed E-state index contributed by atoms with van der Waals surface area (Å²) in [6.07, 6.45) is 8.61. The van der Waals surface area contributed by atoms with E-state index in [1.54, 1.807) is 18.1 Å². The first-order chi connectivity index (χ1) is 13.1. The van der Waals surface area contributed by atoms with E-state index in [1.807, 2.05) is 36.4 Å². The monoisotopic (exact) mass is 386 g/mol. The van der Waals surface area contributed by atoms with Gasteiger partial charge in [0.25, 0.3) is 5.91 Å². The van der Waals surface area contributed by atoms with Crippen LogP contribution in [0.25, 0.3) is 0 Å². The Labute approximate surface area is 166 Å². The van der Waals surface area contributed by atoms with Crippen LogP contribution in [0.3, 0.4) is 0 Å². The molecule has 4 nitrogen and oxygen atoms in total. The Morgan fingerprint density at radius 1 is 1.22 bits per heavy atom. The summed E-state index contributed by atoms with van der Waals surface area (Å²) in [5.74, 6) is 1.23. The van der Waals surface area contributed by atoms with Gasteiger partial charge < -0.3 is 9.64 Å². The van der Waals surface area contributed by atoms with Crippen LogP contribution in [0.15, 0.2) is 42.6 Å². The molecule has 0 bridgehead atoms. The molecule has 0 aliphatic heterocycles. The molecule has 1 amide bonds. The molecule has 1 aliphatic rings. The normalized spacial score (nSPS) is 14.7. The van der Waals surface area contributed by atoms with Gasteiger partial charge in [0.05, 0.1) is 0 Å². The van der Waals surface area contributed by atoms with Gasteiger partial charge in [-0.05, 0) is 54.7 Å². The maximum atomic E-state index is 12.4. The first kappa shape index (κ1) is 19.7. The van der Waals surface area contributed by atoms with Crippen molar-refractivity contribution in [3.05, 3.63) is 58.9 Å². The molecule has 3 rings (SSSR count). The summed E-state index contributed by atoms with van der Waals surface area (Å²) in [5.41, 5.74) is 2.13. The fourth-order valence-corrected chi connectivity index (χ4v) is 3.77. The van der Waals surface area contributed by atoms with Crippen LogP contribution in [0, 0.1) is 0 Å². The van der Waals surface area contributed by atoms with Crippen molar-refractivity contribution in [2.75, 3.05) is 20.2 Å². The quantitative estimate of drug-likeness (QED) is 0.682. The van der Waals surface area contributed by atoms with E-state index in [2.05, 4.69) is 4.98 Å². The Morgan fingerprint density at radius 2 is 2.04 bits per heavy atom. The number of rotatable bonds is 7. The third kappa shape index (κ3) is 5.70. The molecule has 1 heterocycles. The van der Waals surface area contributed by atoms with E-state index in [0.29, 0.717) is 12.5 Å². The summed E-state index contributed by atoms with van der Waals surface area (Å²) in [5, 5.41) is 0.724. The van der Waals surface area contributed by atoms with Crippen LogP contribution in [0.5, 0.6) is 5.75 Å². The van der Waals surface area contributed by atoms with Crippen molar-refractivity contribution >= 4 is 17.5 Å². The van der Waals surface area contributed by atoms with Crippen molar-refractivity contribution in [3.8, 4) is 5.75 Å². The first-order valence-corrected chi connectivity index (χ1v) is 10.1. The highest BCUT2D eigenvalue weighted by Crippen LogP contribution is 2.38. The number of nitrogens with zero attached hydrogens (tertiary/aromatic N) is 2. The van der Waals surface area contributed by atoms with Crippen LogP contribution in [0.2, 0.25) is 5.02 Å². The molecule has 1 aromatic heterocycles. The minimum Gasteiger partial charge on any atom is -0.483 e. The number of hydrogen-bond donors (Lipinski definition) is 0. The fraction of sp³-hybridized carbons (Fsp3) is 0.455. The molecule has 0 radical (unpaired) electrons. The number of amides is 1. The Morgan fingerprint density at radius 3 is 2.78 bits per heavy atom. The molecule has 1 aliphatic carbocycles. The zero-order chi connectivity index (χ0) is 19.1. The predicted octanol–water partition coefficient (Wildman–Crippen LogP) is 4.86. The van der Waals surface area contributed by atoms with Crippen LogP contribution in [0.4, 0.5) is 0 Å². The average molecular weight is 387 g/mol. The lowest BCUT2D eigenvalue weighted by atomic mass is 9.84. The Bertz CT molecular complexity index is 745. The van der Waals surface area contributed by atoms with Gasteiger partial charge in [0.2, 0.25) is 0 Å². The lowest BCUT2D eigenvalue weighted by molar-refractivity contribution is -0.132. The summed E-state index contributed by atoms with van der Waals surface area (Å²) in [7, 11) is 1.80. The van der Waals surface area contributed by atoms with Crippen LogP contribution < -0.4 is 4.74 Å². The van der Waals surface area contributed by atoms with Crippen molar-refractivity contribution in [1.82, 2.24) is 9.88 Å². The number of benzene rings is 1. The lowest BCUT2D eigenvalue weighted by Crippen LogP contribution is -2.33. The number of aromatic nitrogens is 1. The largest absolute Gasteiger partial charge is 0.483 e. The van der Waals surface area contributed by atoms with Gasteiger partial charge in [-0.1, -0.05) is 36.9 Å². The molecular formula is C22H27ClN2O2. The third-order valence-corrected chi connectivity index (χ3v) is 5.46. The van der Waals surface area contributed by atoms with Gasteiger partial charge in [0.15, 0.2) is 6.61 Å². The summed E-state index contributed by atoms with van der Waals surface area (Å²) < 4.78 is 5.91. The molecule has 0 N–H and O–H groups in total. The van der Waals surface area contributed by atoms with E-state index < -0.39 is 0 Å². The minimum atomic E-state index is -0.0320. The molecule has 0 spiro atoms. The summed E-state index contributed by atoms with van der Waals surface area (Å²) in [4.78, 5) is 18.4. The minimum absolute atomic E-state index is 0.0320. The highest BCUT2D eigenvalue weighted by molar-refractivity contribution is 6.30. The molecule has 1 saturated carbocycles. The smallest absolute Gasteiger partial charge is 0.260 e. The van der Waals surface area contributed by atoms with Crippen molar-refractivity contribution < 1.29 is 9.53 Å². The van der Waals surface area contributed by atoms with E-state index in [9.17, 15) is 4.79 Å². The van der Waals surface area contributed by atoms with E-state index in [-0.39, 0.29) is 12.5 Å². The summed E-state index contributed by atoms with van der Waals surface area (Å²) >= 11 is 6.21. The van der Waals surface area contributed by atoms with Gasteiger partial charge >= 0.3 is 0 Å². The van der Waals surface area contributed by atoms with Gasteiger partial charge in [-0.15, -0.1) is 0 Å². The van der Waals surface area contributed by atoms with Gasteiger partial charge in [-0.2, -0.15) is 0 Å². The fourth-order valence-electron chi connectivity index (χ4n) is 3.59. The molecule has 2 aromatic rings. The first-order valence-electron chi connectivity index (χ1n) is 9.69. The van der Waals surface area contributed by atoms with E-state index >= 15 is 0 Å². The van der Waals surface area contributed by atoms with Crippen molar-refractivity contribution in [1.29, 1.82) is 0 Å². The van der Waals surface area contributed by atoms with E-state index in [0.717, 1.165) is 41.3 Å². The van der Waals surface area contributed by atoms with Crippen molar-refractivity contribution in [3.63, 3.8) is 0 Å². The average Bonchev–Trinajstić information content (AvgIpc) is 2.72. The van der Waals surface area contributed by atoms with Crippen LogP contribution in [-0.4, -0.2) is 36.0 Å². The number of pyridine rings is 1. The second-order valence-corrected chi connectivity index (χ2v) is 7.63. The number of carbonyl (C=O) groups excluding carboxylic acids is 1. The van der Waals surface area contributed by atoms with Crippen molar-refractivity contribution in [2.45, 2.75) is 44.4 Å². The third-order valence-electron chi connectivity index (χ3n) is 5.22. The van der Waals surface area contributed by atoms with Crippen LogP contribution >= 0.6 is 11.6 Å². The van der Waals surface area contributed by atoms with Crippen LogP contribution in [-0.2, 0) is 11.2 Å². The van der Waals surface area contributed by atoms with Gasteiger partial charge in [-0.3, -0.25) is 9.78 Å². The zero-order valence-corrected chi connectivity index (χ0v) is 16.6. The SMILES string of the molecule is CN(CCc1ccccn1)C(=O)COc1ccc(Cl)cc1C1CCCCC1. The second kappa shape index (κ2) is 9.75. The number of likely N-dealkylation sites (N-methyl/N-ethyl adjacent to an activating group) is 1. The Kier molecular flexibility index (Phi) is 7.11. The number of ether oxygens (including phenoxy) is 1. The molecule has 27 heavy (non-hydrogen) atoms. The maximum Gasteiger partial charge on any atom is 0.260 e. The molecule has 1 aromatic carbocycles. The molecule has 0 unspecified atom stereocenters. The molecule has 144 valence electrons. The highest BCUT2D eigenvalue weighted by atomic mass is 35.5. The van der Waals surface area contributed by atoms with Crippen LogP contribution in [0.1, 0.15) is 49.3 Å². The van der Waals surface area contributed by atoms with Crippen molar-refractivity contribution in [2.24, 2.45) is 0 Å². The van der Waals surface area contributed by atoms with E-state index in [4.69, 9.17) is 16.3 Å². The second-order valence-electron chi connectivity index (χ2n) is 7.19. The number of carbonyl (C=O) groups is 1. The maximum absolute atomic E-state index is 12.4. The van der Waals surface area contributed by atoms with Gasteiger partial charge in [-0.25, -0.2) is 0 Å². The number of hydrogen-bond acceptors (Lipinski definition) is 3. The lowest BCUT2D eigenvalue weighted by Gasteiger charge is -2.25. The number of halogens is 1. The van der Waals surface area contributed by atoms with Gasteiger partial charge in [0.1, 0.15) is 5.75 Å². The van der Waals surface area contributed by atoms with Gasteiger partial charge in [0, 0.05) is 36.9 Å².